The zero-order valence-corrected chi connectivity index (χ0v) is 16.3. The van der Waals surface area contributed by atoms with E-state index in [2.05, 4.69) is 0 Å². The van der Waals surface area contributed by atoms with Crippen molar-refractivity contribution in [3.63, 3.8) is 0 Å². The van der Waals surface area contributed by atoms with Crippen LogP contribution in [-0.2, 0) is 11.0 Å². The molecule has 1 aliphatic rings. The number of alkyl halides is 3. The van der Waals surface area contributed by atoms with Gasteiger partial charge in [0.1, 0.15) is 11.5 Å². The SMILES string of the molecule is COc1cccc(C(=O)N2CCN(C(=O)COc3ccccc3C(F)(F)F)CC2)c1. The summed E-state index contributed by atoms with van der Waals surface area (Å²) in [7, 11) is 1.52. The number of methoxy groups -OCH3 is 1. The van der Waals surface area contributed by atoms with Gasteiger partial charge in [-0.2, -0.15) is 13.2 Å². The normalized spacial score (nSPS) is 14.4. The van der Waals surface area contributed by atoms with E-state index in [1.165, 1.54) is 30.2 Å². The van der Waals surface area contributed by atoms with Gasteiger partial charge >= 0.3 is 6.18 Å². The molecular weight excluding hydrogens is 401 g/mol. The van der Waals surface area contributed by atoms with Gasteiger partial charge in [-0.15, -0.1) is 0 Å². The minimum absolute atomic E-state index is 0.170. The van der Waals surface area contributed by atoms with Crippen LogP contribution in [0.2, 0.25) is 0 Å². The maximum Gasteiger partial charge on any atom is 0.419 e. The number of carbonyl (C=O) groups is 2. The zero-order valence-electron chi connectivity index (χ0n) is 16.3. The molecule has 0 radical (unpaired) electrons. The summed E-state index contributed by atoms with van der Waals surface area (Å²) in [5.41, 5.74) is -0.437. The fourth-order valence-electron chi connectivity index (χ4n) is 3.16. The third-order valence-corrected chi connectivity index (χ3v) is 4.78. The van der Waals surface area contributed by atoms with E-state index in [4.69, 9.17) is 9.47 Å². The van der Waals surface area contributed by atoms with Crippen LogP contribution < -0.4 is 9.47 Å². The highest BCUT2D eigenvalue weighted by atomic mass is 19.4. The maximum atomic E-state index is 13.0. The number of ether oxygens (including phenoxy) is 2. The average Bonchev–Trinajstić information content (AvgIpc) is 2.76. The Morgan fingerprint density at radius 2 is 1.63 bits per heavy atom. The minimum atomic E-state index is -4.56. The summed E-state index contributed by atoms with van der Waals surface area (Å²) >= 11 is 0. The van der Waals surface area contributed by atoms with Crippen LogP contribution in [-0.4, -0.2) is 61.5 Å². The molecule has 1 fully saturated rings. The monoisotopic (exact) mass is 422 g/mol. The van der Waals surface area contributed by atoms with Gasteiger partial charge in [0.25, 0.3) is 11.8 Å². The third-order valence-electron chi connectivity index (χ3n) is 4.78. The molecule has 0 atom stereocenters. The second-order valence-corrected chi connectivity index (χ2v) is 6.69. The maximum absolute atomic E-state index is 13.0. The van der Waals surface area contributed by atoms with E-state index in [1.807, 2.05) is 0 Å². The molecule has 0 aliphatic carbocycles. The number of benzene rings is 2. The number of hydrogen-bond acceptors (Lipinski definition) is 4. The van der Waals surface area contributed by atoms with Crippen molar-refractivity contribution in [1.82, 2.24) is 9.80 Å². The van der Waals surface area contributed by atoms with Crippen molar-refractivity contribution in [2.24, 2.45) is 0 Å². The van der Waals surface area contributed by atoms with Crippen LogP contribution in [0.25, 0.3) is 0 Å². The van der Waals surface area contributed by atoms with E-state index in [0.717, 1.165) is 6.07 Å². The van der Waals surface area contributed by atoms with Crippen molar-refractivity contribution in [1.29, 1.82) is 0 Å². The highest BCUT2D eigenvalue weighted by Gasteiger charge is 2.34. The Balaban J connectivity index is 1.54. The summed E-state index contributed by atoms with van der Waals surface area (Å²) in [6, 6.07) is 11.6. The van der Waals surface area contributed by atoms with Crippen molar-refractivity contribution < 1.29 is 32.2 Å². The Bertz CT molecular complexity index is 909. The molecule has 1 aliphatic heterocycles. The highest BCUT2D eigenvalue weighted by molar-refractivity contribution is 5.94. The molecule has 0 bridgehead atoms. The van der Waals surface area contributed by atoms with Crippen LogP contribution >= 0.6 is 0 Å². The van der Waals surface area contributed by atoms with E-state index < -0.39 is 24.3 Å². The largest absolute Gasteiger partial charge is 0.497 e. The Kier molecular flexibility index (Phi) is 6.49. The number of carbonyl (C=O) groups excluding carboxylic acids is 2. The van der Waals surface area contributed by atoms with Gasteiger partial charge in [0.15, 0.2) is 6.61 Å². The fourth-order valence-corrected chi connectivity index (χ4v) is 3.16. The molecule has 0 spiro atoms. The summed E-state index contributed by atoms with van der Waals surface area (Å²) in [6.07, 6.45) is -4.56. The van der Waals surface area contributed by atoms with Gasteiger partial charge in [-0.3, -0.25) is 9.59 Å². The lowest BCUT2D eigenvalue weighted by atomic mass is 10.1. The van der Waals surface area contributed by atoms with E-state index in [-0.39, 0.29) is 24.7 Å². The smallest absolute Gasteiger partial charge is 0.419 e. The lowest BCUT2D eigenvalue weighted by molar-refractivity contribution is -0.141. The molecule has 1 saturated heterocycles. The lowest BCUT2D eigenvalue weighted by Crippen LogP contribution is -2.51. The molecule has 1 heterocycles. The Labute approximate surface area is 171 Å². The number of piperazine rings is 1. The molecule has 160 valence electrons. The number of halogens is 3. The molecule has 3 rings (SSSR count). The Morgan fingerprint density at radius 1 is 0.967 bits per heavy atom. The fraction of sp³-hybridized carbons (Fsp3) is 0.333. The minimum Gasteiger partial charge on any atom is -0.497 e. The summed E-state index contributed by atoms with van der Waals surface area (Å²) < 4.78 is 49.3. The summed E-state index contributed by atoms with van der Waals surface area (Å²) in [4.78, 5) is 28.1. The number of rotatable bonds is 5. The number of amides is 2. The van der Waals surface area contributed by atoms with Gasteiger partial charge in [0, 0.05) is 31.7 Å². The van der Waals surface area contributed by atoms with Gasteiger partial charge in [-0.05, 0) is 30.3 Å². The van der Waals surface area contributed by atoms with Gasteiger partial charge in [0.05, 0.1) is 12.7 Å². The van der Waals surface area contributed by atoms with E-state index in [0.29, 0.717) is 24.4 Å². The molecule has 9 heteroatoms. The first-order valence-corrected chi connectivity index (χ1v) is 9.29. The summed E-state index contributed by atoms with van der Waals surface area (Å²) in [6.45, 7) is 0.691. The van der Waals surface area contributed by atoms with Crippen molar-refractivity contribution in [2.45, 2.75) is 6.18 Å². The predicted octanol–water partition coefficient (Wildman–Crippen LogP) is 3.08. The number of para-hydroxylation sites is 1. The van der Waals surface area contributed by atoms with Gasteiger partial charge in [0.2, 0.25) is 0 Å². The standard InChI is InChI=1S/C21H21F3N2O4/c1-29-16-6-4-5-15(13-16)20(28)26-11-9-25(10-12-26)19(27)14-30-18-8-3-2-7-17(18)21(22,23)24/h2-8,13H,9-12,14H2,1H3. The number of hydrogen-bond donors (Lipinski definition) is 0. The molecule has 0 aromatic heterocycles. The summed E-state index contributed by atoms with van der Waals surface area (Å²) in [5.74, 6) is -0.409. The topological polar surface area (TPSA) is 59.1 Å². The first-order chi connectivity index (χ1) is 14.3. The van der Waals surface area contributed by atoms with Crippen LogP contribution in [0, 0.1) is 0 Å². The average molecular weight is 422 g/mol. The molecule has 2 aromatic carbocycles. The Morgan fingerprint density at radius 3 is 2.30 bits per heavy atom. The lowest BCUT2D eigenvalue weighted by Gasteiger charge is -2.34. The second kappa shape index (κ2) is 9.06. The molecule has 6 nitrogen and oxygen atoms in total. The van der Waals surface area contributed by atoms with Crippen LogP contribution in [0.5, 0.6) is 11.5 Å². The Hall–Kier alpha value is -3.23. The molecule has 30 heavy (non-hydrogen) atoms. The van der Waals surface area contributed by atoms with Gasteiger partial charge in [-0.1, -0.05) is 18.2 Å². The molecule has 2 amide bonds. The molecule has 2 aromatic rings. The second-order valence-electron chi connectivity index (χ2n) is 6.69. The number of nitrogens with zero attached hydrogens (tertiary/aromatic N) is 2. The zero-order chi connectivity index (χ0) is 21.7. The van der Waals surface area contributed by atoms with Gasteiger partial charge in [-0.25, -0.2) is 0 Å². The van der Waals surface area contributed by atoms with E-state index in [1.54, 1.807) is 29.2 Å². The quantitative estimate of drug-likeness (QED) is 0.743. The molecule has 0 N–H and O–H groups in total. The van der Waals surface area contributed by atoms with Crippen molar-refractivity contribution >= 4 is 11.8 Å². The van der Waals surface area contributed by atoms with E-state index in [9.17, 15) is 22.8 Å². The van der Waals surface area contributed by atoms with Crippen LogP contribution in [0.1, 0.15) is 15.9 Å². The third kappa shape index (κ3) is 5.03. The predicted molar refractivity (Wildman–Crippen MR) is 102 cm³/mol. The van der Waals surface area contributed by atoms with Crippen LogP contribution in [0.15, 0.2) is 48.5 Å². The van der Waals surface area contributed by atoms with Crippen LogP contribution in [0.4, 0.5) is 13.2 Å². The van der Waals surface area contributed by atoms with E-state index >= 15 is 0 Å². The van der Waals surface area contributed by atoms with Crippen molar-refractivity contribution in [2.75, 3.05) is 39.9 Å². The van der Waals surface area contributed by atoms with Crippen molar-refractivity contribution in [3.8, 4) is 11.5 Å². The van der Waals surface area contributed by atoms with Crippen LogP contribution in [0.3, 0.4) is 0 Å². The van der Waals surface area contributed by atoms with Crippen molar-refractivity contribution in [3.05, 3.63) is 59.7 Å². The molecule has 0 saturated carbocycles. The first kappa shape index (κ1) is 21.5. The highest BCUT2D eigenvalue weighted by Crippen LogP contribution is 2.35. The molecule has 0 unspecified atom stereocenters. The first-order valence-electron chi connectivity index (χ1n) is 9.29. The molecular formula is C21H21F3N2O4. The summed E-state index contributed by atoms with van der Waals surface area (Å²) in [5, 5.41) is 0. The van der Waals surface area contributed by atoms with Gasteiger partial charge < -0.3 is 19.3 Å².